The van der Waals surface area contributed by atoms with Gasteiger partial charge in [-0.2, -0.15) is 0 Å². The number of nitrogens with zero attached hydrogens (tertiary/aromatic N) is 2. The van der Waals surface area contributed by atoms with Crippen LogP contribution < -0.4 is 0 Å². The van der Waals surface area contributed by atoms with E-state index in [4.69, 9.17) is 12.2 Å². The van der Waals surface area contributed by atoms with E-state index < -0.39 is 0 Å². The Balaban J connectivity index is 2.28. The SMILES string of the molecule is CC(C)=CN1C[C@H](C)n2c(=S)[nH]c3cccc(c32)[C@H]1C. The van der Waals surface area contributed by atoms with Crippen LogP contribution in [0, 0.1) is 4.77 Å². The maximum Gasteiger partial charge on any atom is 0.178 e. The molecule has 0 aliphatic carbocycles. The molecule has 0 amide bonds. The number of aromatic amines is 1. The van der Waals surface area contributed by atoms with Gasteiger partial charge in [0.2, 0.25) is 0 Å². The third-order valence-electron chi connectivity index (χ3n) is 4.06. The van der Waals surface area contributed by atoms with Gasteiger partial charge in [-0.3, -0.25) is 0 Å². The molecule has 0 saturated heterocycles. The lowest BCUT2D eigenvalue weighted by Crippen LogP contribution is -2.25. The fraction of sp³-hybridized carbons (Fsp3) is 0.438. The Kier molecular flexibility index (Phi) is 3.21. The Labute approximate surface area is 124 Å². The topological polar surface area (TPSA) is 24.0 Å². The molecular weight excluding hydrogens is 266 g/mol. The minimum absolute atomic E-state index is 0.356. The van der Waals surface area contributed by atoms with E-state index in [-0.39, 0.29) is 0 Å². The number of allylic oxidation sites excluding steroid dienone is 1. The van der Waals surface area contributed by atoms with Gasteiger partial charge in [-0.25, -0.2) is 0 Å². The predicted octanol–water partition coefficient (Wildman–Crippen LogP) is 4.56. The molecule has 1 aliphatic heterocycles. The van der Waals surface area contributed by atoms with Gasteiger partial charge in [0.25, 0.3) is 0 Å². The third kappa shape index (κ3) is 1.99. The lowest BCUT2D eigenvalue weighted by Gasteiger charge is -2.28. The molecule has 106 valence electrons. The van der Waals surface area contributed by atoms with E-state index in [1.165, 1.54) is 16.7 Å². The second-order valence-electron chi connectivity index (χ2n) is 5.97. The van der Waals surface area contributed by atoms with Crippen molar-refractivity contribution in [2.24, 2.45) is 0 Å². The van der Waals surface area contributed by atoms with Crippen LogP contribution >= 0.6 is 12.2 Å². The first-order valence-corrected chi connectivity index (χ1v) is 7.53. The van der Waals surface area contributed by atoms with Crippen LogP contribution in [-0.4, -0.2) is 21.0 Å². The fourth-order valence-electron chi connectivity index (χ4n) is 3.19. The van der Waals surface area contributed by atoms with E-state index in [1.54, 1.807) is 0 Å². The van der Waals surface area contributed by atoms with Crippen LogP contribution in [0.2, 0.25) is 0 Å². The minimum atomic E-state index is 0.356. The summed E-state index contributed by atoms with van der Waals surface area (Å²) in [5, 5.41) is 0. The number of hydrogen-bond donors (Lipinski definition) is 1. The number of aromatic nitrogens is 2. The summed E-state index contributed by atoms with van der Waals surface area (Å²) < 4.78 is 3.10. The molecule has 0 saturated carbocycles. The number of rotatable bonds is 1. The van der Waals surface area contributed by atoms with Gasteiger partial charge >= 0.3 is 0 Å². The molecule has 2 heterocycles. The van der Waals surface area contributed by atoms with Crippen LogP contribution in [-0.2, 0) is 0 Å². The van der Waals surface area contributed by atoms with E-state index in [2.05, 4.69) is 66.5 Å². The number of para-hydroxylation sites is 1. The molecule has 3 rings (SSSR count). The zero-order valence-electron chi connectivity index (χ0n) is 12.5. The summed E-state index contributed by atoms with van der Waals surface area (Å²) in [6.45, 7) is 9.78. The van der Waals surface area contributed by atoms with E-state index in [1.807, 2.05) is 0 Å². The molecule has 1 aliphatic rings. The van der Waals surface area contributed by atoms with Crippen LogP contribution in [0.1, 0.15) is 45.3 Å². The number of imidazole rings is 1. The third-order valence-corrected chi connectivity index (χ3v) is 4.35. The van der Waals surface area contributed by atoms with Crippen molar-refractivity contribution in [2.45, 2.75) is 39.8 Å². The second kappa shape index (κ2) is 4.77. The molecule has 2 aromatic rings. The number of H-pyrrole nitrogens is 1. The van der Waals surface area contributed by atoms with Crippen LogP contribution in [0.4, 0.5) is 0 Å². The van der Waals surface area contributed by atoms with E-state index in [0.29, 0.717) is 12.1 Å². The Bertz CT molecular complexity index is 734. The summed E-state index contributed by atoms with van der Waals surface area (Å²) >= 11 is 5.52. The molecule has 20 heavy (non-hydrogen) atoms. The molecule has 1 aromatic carbocycles. The van der Waals surface area contributed by atoms with Crippen LogP contribution in [0.5, 0.6) is 0 Å². The molecule has 2 atom stereocenters. The van der Waals surface area contributed by atoms with Gasteiger partial charge < -0.3 is 14.5 Å². The Morgan fingerprint density at radius 1 is 1.35 bits per heavy atom. The fourth-order valence-corrected chi connectivity index (χ4v) is 3.57. The van der Waals surface area contributed by atoms with Crippen molar-refractivity contribution in [1.82, 2.24) is 14.5 Å². The quantitative estimate of drug-likeness (QED) is 0.777. The maximum absolute atomic E-state index is 5.52. The minimum Gasteiger partial charge on any atom is -0.369 e. The summed E-state index contributed by atoms with van der Waals surface area (Å²) in [6.07, 6.45) is 2.26. The molecule has 1 N–H and O–H groups in total. The summed E-state index contributed by atoms with van der Waals surface area (Å²) in [5.41, 5.74) is 5.08. The Hall–Kier alpha value is -1.55. The van der Waals surface area contributed by atoms with Crippen molar-refractivity contribution >= 4 is 23.3 Å². The molecule has 0 fully saturated rings. The molecule has 0 radical (unpaired) electrons. The molecule has 0 bridgehead atoms. The molecule has 3 nitrogen and oxygen atoms in total. The van der Waals surface area contributed by atoms with Gasteiger partial charge in [-0.15, -0.1) is 0 Å². The average molecular weight is 287 g/mol. The van der Waals surface area contributed by atoms with E-state index in [9.17, 15) is 0 Å². The Morgan fingerprint density at radius 3 is 2.80 bits per heavy atom. The number of hydrogen-bond acceptors (Lipinski definition) is 2. The first kappa shape index (κ1) is 13.4. The largest absolute Gasteiger partial charge is 0.369 e. The van der Waals surface area contributed by atoms with Crippen LogP contribution in [0.3, 0.4) is 0 Å². The highest BCUT2D eigenvalue weighted by molar-refractivity contribution is 7.71. The van der Waals surface area contributed by atoms with Crippen molar-refractivity contribution in [2.75, 3.05) is 6.54 Å². The zero-order chi connectivity index (χ0) is 14.4. The van der Waals surface area contributed by atoms with Gasteiger partial charge in [0.1, 0.15) is 0 Å². The highest BCUT2D eigenvalue weighted by Crippen LogP contribution is 2.34. The maximum atomic E-state index is 5.52. The first-order valence-electron chi connectivity index (χ1n) is 7.13. The van der Waals surface area contributed by atoms with Gasteiger partial charge in [-0.1, -0.05) is 17.7 Å². The number of nitrogens with one attached hydrogen (secondary N) is 1. The van der Waals surface area contributed by atoms with Crippen molar-refractivity contribution < 1.29 is 0 Å². The smallest absolute Gasteiger partial charge is 0.178 e. The van der Waals surface area contributed by atoms with Gasteiger partial charge in [-0.05, 0) is 52.2 Å². The van der Waals surface area contributed by atoms with Crippen LogP contribution in [0.15, 0.2) is 30.0 Å². The Morgan fingerprint density at radius 2 is 2.10 bits per heavy atom. The average Bonchev–Trinajstić information content (AvgIpc) is 2.66. The molecule has 4 heteroatoms. The first-order chi connectivity index (χ1) is 9.49. The standard InChI is InChI=1S/C16H21N3S/c1-10(2)8-18-9-11(3)19-15-13(12(18)4)6-5-7-14(15)17-16(19)20/h5-8,11-12H,9H2,1-4H3,(H,17,20)/t11-,12+/m0/s1. The van der Waals surface area contributed by atoms with E-state index in [0.717, 1.165) is 16.8 Å². The van der Waals surface area contributed by atoms with Crippen molar-refractivity contribution in [3.63, 3.8) is 0 Å². The summed E-state index contributed by atoms with van der Waals surface area (Å²) in [6, 6.07) is 7.16. The lowest BCUT2D eigenvalue weighted by atomic mass is 10.1. The van der Waals surface area contributed by atoms with Gasteiger partial charge in [0.15, 0.2) is 4.77 Å². The van der Waals surface area contributed by atoms with Crippen molar-refractivity contribution in [3.8, 4) is 0 Å². The van der Waals surface area contributed by atoms with Crippen molar-refractivity contribution in [3.05, 3.63) is 40.3 Å². The van der Waals surface area contributed by atoms with Gasteiger partial charge in [0, 0.05) is 12.1 Å². The van der Waals surface area contributed by atoms with Crippen LogP contribution in [0.25, 0.3) is 11.0 Å². The molecule has 1 aromatic heterocycles. The lowest BCUT2D eigenvalue weighted by molar-refractivity contribution is 0.269. The highest BCUT2D eigenvalue weighted by atomic mass is 32.1. The molecule has 0 unspecified atom stereocenters. The normalized spacial score (nSPS) is 21.9. The molecule has 0 spiro atoms. The molecular formula is C16H21N3S. The summed E-state index contributed by atoms with van der Waals surface area (Å²) in [5.74, 6) is 0. The van der Waals surface area contributed by atoms with E-state index >= 15 is 0 Å². The monoisotopic (exact) mass is 287 g/mol. The number of benzene rings is 1. The zero-order valence-corrected chi connectivity index (χ0v) is 13.3. The van der Waals surface area contributed by atoms with Crippen molar-refractivity contribution in [1.29, 1.82) is 0 Å². The predicted molar refractivity (Wildman–Crippen MR) is 86.4 cm³/mol. The van der Waals surface area contributed by atoms with Gasteiger partial charge in [0.05, 0.1) is 23.1 Å². The highest BCUT2D eigenvalue weighted by Gasteiger charge is 2.25. The summed E-state index contributed by atoms with van der Waals surface area (Å²) in [7, 11) is 0. The summed E-state index contributed by atoms with van der Waals surface area (Å²) in [4.78, 5) is 5.76. The second-order valence-corrected chi connectivity index (χ2v) is 6.36.